The third kappa shape index (κ3) is 5.70. The monoisotopic (exact) mass is 283 g/mol. The number of hydrogen-bond donors (Lipinski definition) is 3. The standard InChI is InChI=1S/C16H33N3O/c1-13(14-9-5-4-6-10-14)18-12-8-7-11-16(2,3)15(17)19-20/h13-14,18,20H,4-12H2,1-3H3,(H2,17,19). The number of nitrogens with one attached hydrogen (secondary N) is 1. The molecule has 4 nitrogen and oxygen atoms in total. The van der Waals surface area contributed by atoms with Gasteiger partial charge in [-0.1, -0.05) is 44.7 Å². The molecule has 0 saturated heterocycles. The van der Waals surface area contributed by atoms with E-state index in [0.29, 0.717) is 11.9 Å². The minimum Gasteiger partial charge on any atom is -0.409 e. The van der Waals surface area contributed by atoms with E-state index in [-0.39, 0.29) is 5.41 Å². The van der Waals surface area contributed by atoms with Crippen molar-refractivity contribution < 1.29 is 5.21 Å². The van der Waals surface area contributed by atoms with Gasteiger partial charge in [0, 0.05) is 11.5 Å². The van der Waals surface area contributed by atoms with Crippen LogP contribution in [0.3, 0.4) is 0 Å². The zero-order valence-corrected chi connectivity index (χ0v) is 13.5. The summed E-state index contributed by atoms with van der Waals surface area (Å²) in [5, 5.41) is 15.5. The summed E-state index contributed by atoms with van der Waals surface area (Å²) >= 11 is 0. The Labute approximate surface area is 124 Å². The quantitative estimate of drug-likeness (QED) is 0.210. The summed E-state index contributed by atoms with van der Waals surface area (Å²) in [6, 6.07) is 0.646. The van der Waals surface area contributed by atoms with Gasteiger partial charge in [-0.05, 0) is 45.1 Å². The van der Waals surface area contributed by atoms with Gasteiger partial charge in [0.25, 0.3) is 0 Å². The zero-order chi connectivity index (χ0) is 15.0. The van der Waals surface area contributed by atoms with Crippen molar-refractivity contribution in [1.82, 2.24) is 5.32 Å². The maximum Gasteiger partial charge on any atom is 0.144 e. The summed E-state index contributed by atoms with van der Waals surface area (Å²) < 4.78 is 0. The second-order valence-electron chi connectivity index (χ2n) is 6.97. The highest BCUT2D eigenvalue weighted by atomic mass is 16.4. The fraction of sp³-hybridized carbons (Fsp3) is 0.938. The van der Waals surface area contributed by atoms with E-state index in [1.165, 1.54) is 32.1 Å². The van der Waals surface area contributed by atoms with Gasteiger partial charge in [-0.3, -0.25) is 0 Å². The fourth-order valence-electron chi connectivity index (χ4n) is 3.09. The molecule has 1 aliphatic rings. The molecule has 0 aromatic carbocycles. The Kier molecular flexibility index (Phi) is 7.35. The van der Waals surface area contributed by atoms with Crippen LogP contribution in [0.15, 0.2) is 5.16 Å². The molecule has 0 amide bonds. The largest absolute Gasteiger partial charge is 0.409 e. The van der Waals surface area contributed by atoms with Gasteiger partial charge in [-0.2, -0.15) is 0 Å². The number of nitrogens with two attached hydrogens (primary N) is 1. The van der Waals surface area contributed by atoms with E-state index in [4.69, 9.17) is 10.9 Å². The molecule has 0 spiro atoms. The second kappa shape index (κ2) is 8.50. The van der Waals surface area contributed by atoms with Crippen LogP contribution < -0.4 is 11.1 Å². The van der Waals surface area contributed by atoms with Crippen molar-refractivity contribution in [1.29, 1.82) is 0 Å². The number of rotatable bonds is 8. The van der Waals surface area contributed by atoms with Crippen LogP contribution in [-0.4, -0.2) is 23.6 Å². The third-order valence-electron chi connectivity index (χ3n) is 4.85. The molecule has 0 bridgehead atoms. The van der Waals surface area contributed by atoms with Gasteiger partial charge in [-0.15, -0.1) is 0 Å². The summed E-state index contributed by atoms with van der Waals surface area (Å²) in [5.74, 6) is 1.21. The van der Waals surface area contributed by atoms with Crippen LogP contribution in [0.2, 0.25) is 0 Å². The molecule has 1 rings (SSSR count). The van der Waals surface area contributed by atoms with Crippen LogP contribution in [0.1, 0.15) is 72.1 Å². The molecule has 118 valence electrons. The van der Waals surface area contributed by atoms with Gasteiger partial charge in [0.15, 0.2) is 0 Å². The Morgan fingerprint density at radius 1 is 1.30 bits per heavy atom. The molecule has 0 aliphatic heterocycles. The number of amidine groups is 1. The van der Waals surface area contributed by atoms with E-state index >= 15 is 0 Å². The molecule has 4 N–H and O–H groups in total. The summed E-state index contributed by atoms with van der Waals surface area (Å²) in [6.45, 7) is 7.46. The van der Waals surface area contributed by atoms with E-state index in [0.717, 1.165) is 31.7 Å². The Hall–Kier alpha value is -0.770. The molecule has 1 fully saturated rings. The summed E-state index contributed by atoms with van der Waals surface area (Å²) in [4.78, 5) is 0. The molecule has 20 heavy (non-hydrogen) atoms. The van der Waals surface area contributed by atoms with Gasteiger partial charge < -0.3 is 16.3 Å². The van der Waals surface area contributed by atoms with Gasteiger partial charge in [-0.25, -0.2) is 0 Å². The molecular weight excluding hydrogens is 250 g/mol. The van der Waals surface area contributed by atoms with Crippen LogP contribution in [0.4, 0.5) is 0 Å². The van der Waals surface area contributed by atoms with E-state index < -0.39 is 0 Å². The fourth-order valence-corrected chi connectivity index (χ4v) is 3.09. The minimum absolute atomic E-state index is 0.205. The predicted molar refractivity (Wildman–Crippen MR) is 85.1 cm³/mol. The van der Waals surface area contributed by atoms with Crippen molar-refractivity contribution in [3.8, 4) is 0 Å². The predicted octanol–water partition coefficient (Wildman–Crippen LogP) is 3.49. The first-order chi connectivity index (χ1) is 9.47. The third-order valence-corrected chi connectivity index (χ3v) is 4.85. The van der Waals surface area contributed by atoms with Crippen LogP contribution in [0, 0.1) is 11.3 Å². The van der Waals surface area contributed by atoms with Crippen LogP contribution in [-0.2, 0) is 0 Å². The average Bonchev–Trinajstić information content (AvgIpc) is 2.46. The van der Waals surface area contributed by atoms with Gasteiger partial charge in [0.1, 0.15) is 5.84 Å². The summed E-state index contributed by atoms with van der Waals surface area (Å²) in [7, 11) is 0. The number of oxime groups is 1. The molecule has 0 aromatic heterocycles. The molecule has 1 unspecified atom stereocenters. The normalized spacial score (nSPS) is 20.1. The van der Waals surface area contributed by atoms with Crippen molar-refractivity contribution in [3.05, 3.63) is 0 Å². The highest BCUT2D eigenvalue weighted by Gasteiger charge is 2.23. The Morgan fingerprint density at radius 3 is 2.55 bits per heavy atom. The van der Waals surface area contributed by atoms with Gasteiger partial charge in [0.05, 0.1) is 0 Å². The summed E-state index contributed by atoms with van der Waals surface area (Å²) in [5.41, 5.74) is 5.49. The molecule has 4 heteroatoms. The Bertz CT molecular complexity index is 296. The molecule has 1 aliphatic carbocycles. The van der Waals surface area contributed by atoms with Crippen LogP contribution in [0.25, 0.3) is 0 Å². The van der Waals surface area contributed by atoms with E-state index in [1.807, 2.05) is 13.8 Å². The lowest BCUT2D eigenvalue weighted by atomic mass is 9.84. The lowest BCUT2D eigenvalue weighted by Gasteiger charge is -2.28. The van der Waals surface area contributed by atoms with E-state index in [9.17, 15) is 0 Å². The number of unbranched alkanes of at least 4 members (excludes halogenated alkanes) is 1. The van der Waals surface area contributed by atoms with Crippen LogP contribution >= 0.6 is 0 Å². The van der Waals surface area contributed by atoms with Gasteiger partial charge in [0.2, 0.25) is 0 Å². The lowest BCUT2D eigenvalue weighted by Crippen LogP contribution is -2.35. The highest BCUT2D eigenvalue weighted by molar-refractivity contribution is 5.85. The number of nitrogens with zero attached hydrogens (tertiary/aromatic N) is 1. The average molecular weight is 283 g/mol. The maximum atomic E-state index is 8.74. The Morgan fingerprint density at radius 2 is 1.95 bits per heavy atom. The molecular formula is C16H33N3O. The molecule has 0 aromatic rings. The maximum absolute atomic E-state index is 8.74. The molecule has 1 saturated carbocycles. The van der Waals surface area contributed by atoms with Crippen molar-refractivity contribution >= 4 is 5.84 Å². The first kappa shape index (κ1) is 17.3. The van der Waals surface area contributed by atoms with Crippen molar-refractivity contribution in [2.45, 2.75) is 78.2 Å². The molecule has 1 atom stereocenters. The van der Waals surface area contributed by atoms with Gasteiger partial charge >= 0.3 is 0 Å². The topological polar surface area (TPSA) is 70.6 Å². The molecule has 0 heterocycles. The zero-order valence-electron chi connectivity index (χ0n) is 13.5. The highest BCUT2D eigenvalue weighted by Crippen LogP contribution is 2.26. The first-order valence-corrected chi connectivity index (χ1v) is 8.19. The Balaban J connectivity index is 2.12. The smallest absolute Gasteiger partial charge is 0.144 e. The first-order valence-electron chi connectivity index (χ1n) is 8.19. The molecule has 0 radical (unpaired) electrons. The van der Waals surface area contributed by atoms with Crippen molar-refractivity contribution in [2.75, 3.05) is 6.54 Å². The minimum atomic E-state index is -0.205. The number of hydrogen-bond acceptors (Lipinski definition) is 3. The van der Waals surface area contributed by atoms with Crippen molar-refractivity contribution in [3.63, 3.8) is 0 Å². The van der Waals surface area contributed by atoms with Crippen LogP contribution in [0.5, 0.6) is 0 Å². The van der Waals surface area contributed by atoms with Crippen molar-refractivity contribution in [2.24, 2.45) is 22.2 Å². The van der Waals surface area contributed by atoms with E-state index in [2.05, 4.69) is 17.4 Å². The lowest BCUT2D eigenvalue weighted by molar-refractivity contribution is 0.279. The summed E-state index contributed by atoms with van der Waals surface area (Å²) in [6.07, 6.45) is 10.2. The second-order valence-corrected chi connectivity index (χ2v) is 6.97. The SMILES string of the molecule is CC(NCCCCC(C)(C)C(N)=NO)C1CCCCC1. The van der Waals surface area contributed by atoms with E-state index in [1.54, 1.807) is 0 Å².